The molecular weight excluding hydrogens is 444 g/mol. The van der Waals surface area contributed by atoms with Gasteiger partial charge in [-0.2, -0.15) is 0 Å². The number of nitrogens with one attached hydrogen (secondary N) is 2. The minimum absolute atomic E-state index is 0.192. The molecule has 0 radical (unpaired) electrons. The number of rotatable bonds is 2. The Kier molecular flexibility index (Phi) is 6.52. The molecule has 0 unspecified atom stereocenters. The summed E-state index contributed by atoms with van der Waals surface area (Å²) >= 11 is 0. The fourth-order valence-corrected chi connectivity index (χ4v) is 4.61. The lowest BCUT2D eigenvalue weighted by Gasteiger charge is -2.23. The molecule has 0 saturated heterocycles. The molecule has 5 rings (SSSR count). The topological polar surface area (TPSA) is 100 Å². The average molecular weight is 473 g/mol. The zero-order valence-corrected chi connectivity index (χ0v) is 19.7. The van der Waals surface area contributed by atoms with Crippen molar-refractivity contribution < 1.29 is 14.3 Å². The summed E-state index contributed by atoms with van der Waals surface area (Å²) in [7, 11) is 1.64. The summed E-state index contributed by atoms with van der Waals surface area (Å²) in [6.45, 7) is 1.64. The number of fused-ring (bicyclic) bond motifs is 5. The van der Waals surface area contributed by atoms with Gasteiger partial charge in [-0.25, -0.2) is 4.98 Å². The van der Waals surface area contributed by atoms with E-state index in [4.69, 9.17) is 9.47 Å². The van der Waals surface area contributed by atoms with E-state index in [1.54, 1.807) is 7.11 Å². The van der Waals surface area contributed by atoms with Crippen molar-refractivity contribution in [3.63, 3.8) is 0 Å². The monoisotopic (exact) mass is 472 g/mol. The van der Waals surface area contributed by atoms with E-state index in [9.17, 15) is 9.59 Å². The Balaban J connectivity index is 1.51. The normalized spacial score (nSPS) is 14.6. The lowest BCUT2D eigenvalue weighted by molar-refractivity contribution is 0.0746. The standard InChI is InChI=1S/C27H28N4O4/c1-34-24-9-8-18-14-22-20(19-6-2-3-7-21(19)30-22)10-12-31(11-4-5-13-35-25(24)15-18)27(33)23-16-29-26(32)17-28-23/h2-3,6-9,15-17,30H,4-5,10-14H2,1H3,(H,29,32). The third kappa shape index (κ3) is 4.91. The summed E-state index contributed by atoms with van der Waals surface area (Å²) in [6.07, 6.45) is 5.50. The SMILES string of the molecule is COc1ccc2cc1OCCCCN(C(=O)c1c[nH]c(=O)cn1)CCc1c([nH]c3ccccc13)C2. The van der Waals surface area contributed by atoms with Gasteiger partial charge in [0, 0.05) is 42.3 Å². The number of amides is 1. The number of para-hydroxylation sites is 1. The number of hydrogen-bond acceptors (Lipinski definition) is 5. The third-order valence-corrected chi connectivity index (χ3v) is 6.40. The number of aromatic nitrogens is 3. The highest BCUT2D eigenvalue weighted by Crippen LogP contribution is 2.31. The van der Waals surface area contributed by atoms with E-state index in [2.05, 4.69) is 39.2 Å². The van der Waals surface area contributed by atoms with Gasteiger partial charge in [-0.05, 0) is 48.6 Å². The molecule has 2 bridgehead atoms. The molecule has 1 aliphatic rings. The molecule has 1 amide bonds. The predicted molar refractivity (Wildman–Crippen MR) is 133 cm³/mol. The highest BCUT2D eigenvalue weighted by atomic mass is 16.5. The van der Waals surface area contributed by atoms with Crippen LogP contribution in [0.5, 0.6) is 11.5 Å². The number of hydrogen-bond donors (Lipinski definition) is 2. The molecule has 2 aromatic heterocycles. The minimum atomic E-state index is -0.332. The Hall–Kier alpha value is -4.07. The third-order valence-electron chi connectivity index (χ3n) is 6.40. The van der Waals surface area contributed by atoms with Crippen LogP contribution in [0, 0.1) is 0 Å². The van der Waals surface area contributed by atoms with E-state index in [1.807, 2.05) is 23.1 Å². The second-order valence-corrected chi connectivity index (χ2v) is 8.68. The van der Waals surface area contributed by atoms with Gasteiger partial charge in [0.15, 0.2) is 11.5 Å². The van der Waals surface area contributed by atoms with Crippen molar-refractivity contribution in [3.8, 4) is 11.5 Å². The van der Waals surface area contributed by atoms with Crippen LogP contribution in [-0.4, -0.2) is 52.6 Å². The first-order valence-corrected chi connectivity index (χ1v) is 11.8. The maximum Gasteiger partial charge on any atom is 0.273 e. The molecule has 0 atom stereocenters. The number of benzene rings is 2. The molecule has 2 aromatic carbocycles. The van der Waals surface area contributed by atoms with Crippen LogP contribution in [0.4, 0.5) is 0 Å². The molecule has 8 nitrogen and oxygen atoms in total. The molecule has 1 aliphatic heterocycles. The Labute approximate surface area is 202 Å². The van der Waals surface area contributed by atoms with Crippen LogP contribution in [0.3, 0.4) is 0 Å². The number of nitrogens with zero attached hydrogens (tertiary/aromatic N) is 2. The zero-order chi connectivity index (χ0) is 24.2. The molecule has 3 heterocycles. The summed E-state index contributed by atoms with van der Waals surface area (Å²) < 4.78 is 11.6. The highest BCUT2D eigenvalue weighted by molar-refractivity contribution is 5.92. The van der Waals surface area contributed by atoms with Crippen molar-refractivity contribution in [2.24, 2.45) is 0 Å². The molecule has 2 N–H and O–H groups in total. The Bertz CT molecular complexity index is 1390. The van der Waals surface area contributed by atoms with Crippen LogP contribution in [0.2, 0.25) is 0 Å². The molecule has 8 heteroatoms. The Morgan fingerprint density at radius 1 is 1.14 bits per heavy atom. The minimum Gasteiger partial charge on any atom is -0.493 e. The smallest absolute Gasteiger partial charge is 0.273 e. The van der Waals surface area contributed by atoms with Crippen molar-refractivity contribution in [2.45, 2.75) is 25.7 Å². The number of methoxy groups -OCH3 is 1. The summed E-state index contributed by atoms with van der Waals surface area (Å²) in [5, 5.41) is 1.16. The van der Waals surface area contributed by atoms with Crippen LogP contribution in [-0.2, 0) is 12.8 Å². The first-order chi connectivity index (χ1) is 17.1. The van der Waals surface area contributed by atoms with E-state index in [1.165, 1.54) is 11.8 Å². The fourth-order valence-electron chi connectivity index (χ4n) is 4.61. The van der Waals surface area contributed by atoms with Gasteiger partial charge in [0.2, 0.25) is 0 Å². The van der Waals surface area contributed by atoms with Gasteiger partial charge < -0.3 is 24.3 Å². The Morgan fingerprint density at radius 2 is 2.03 bits per heavy atom. The van der Waals surface area contributed by atoms with Crippen molar-refractivity contribution in [1.82, 2.24) is 19.9 Å². The van der Waals surface area contributed by atoms with Gasteiger partial charge in [0.05, 0.1) is 19.9 Å². The molecule has 0 spiro atoms. The van der Waals surface area contributed by atoms with Gasteiger partial charge in [-0.3, -0.25) is 9.59 Å². The number of ether oxygens (including phenoxy) is 2. The largest absolute Gasteiger partial charge is 0.493 e. The quantitative estimate of drug-likeness (QED) is 0.463. The van der Waals surface area contributed by atoms with E-state index in [-0.39, 0.29) is 17.2 Å². The van der Waals surface area contributed by atoms with Gasteiger partial charge in [-0.15, -0.1) is 0 Å². The van der Waals surface area contributed by atoms with Gasteiger partial charge in [0.25, 0.3) is 11.5 Å². The maximum atomic E-state index is 13.3. The molecule has 4 aromatic rings. The van der Waals surface area contributed by atoms with E-state index >= 15 is 0 Å². The van der Waals surface area contributed by atoms with Gasteiger partial charge >= 0.3 is 0 Å². The first kappa shape index (κ1) is 22.7. The molecule has 0 aliphatic carbocycles. The van der Waals surface area contributed by atoms with Crippen molar-refractivity contribution in [3.05, 3.63) is 87.7 Å². The molecule has 180 valence electrons. The van der Waals surface area contributed by atoms with Crippen molar-refractivity contribution >= 4 is 16.8 Å². The Morgan fingerprint density at radius 3 is 2.86 bits per heavy atom. The number of H-pyrrole nitrogens is 2. The lowest BCUT2D eigenvalue weighted by atomic mass is 10.0. The van der Waals surface area contributed by atoms with Crippen LogP contribution in [0.15, 0.2) is 59.7 Å². The highest BCUT2D eigenvalue weighted by Gasteiger charge is 2.20. The second-order valence-electron chi connectivity index (χ2n) is 8.68. The van der Waals surface area contributed by atoms with E-state index in [0.717, 1.165) is 46.9 Å². The first-order valence-electron chi connectivity index (χ1n) is 11.8. The van der Waals surface area contributed by atoms with Crippen LogP contribution in [0.25, 0.3) is 10.9 Å². The molecule has 0 fully saturated rings. The van der Waals surface area contributed by atoms with E-state index < -0.39 is 0 Å². The number of carbonyl (C=O) groups is 1. The van der Waals surface area contributed by atoms with Crippen LogP contribution < -0.4 is 15.0 Å². The molecule has 35 heavy (non-hydrogen) atoms. The summed E-state index contributed by atoms with van der Waals surface area (Å²) in [5.74, 6) is 1.24. The zero-order valence-electron chi connectivity index (χ0n) is 19.7. The van der Waals surface area contributed by atoms with E-state index in [0.29, 0.717) is 38.3 Å². The average Bonchev–Trinajstić information content (AvgIpc) is 3.22. The second kappa shape index (κ2) is 10.0. The lowest BCUT2D eigenvalue weighted by Crippen LogP contribution is -2.35. The van der Waals surface area contributed by atoms with Crippen molar-refractivity contribution in [1.29, 1.82) is 0 Å². The van der Waals surface area contributed by atoms with Crippen molar-refractivity contribution in [2.75, 3.05) is 26.8 Å². The van der Waals surface area contributed by atoms with Gasteiger partial charge in [-0.1, -0.05) is 24.3 Å². The van der Waals surface area contributed by atoms with Gasteiger partial charge in [0.1, 0.15) is 5.69 Å². The molecule has 0 saturated carbocycles. The van der Waals surface area contributed by atoms with Crippen LogP contribution >= 0.6 is 0 Å². The summed E-state index contributed by atoms with van der Waals surface area (Å²) in [4.78, 5) is 36.7. The maximum absolute atomic E-state index is 13.3. The molecular formula is C27H28N4O4. The number of aromatic amines is 2. The summed E-state index contributed by atoms with van der Waals surface area (Å²) in [5.41, 5.74) is 4.42. The summed E-state index contributed by atoms with van der Waals surface area (Å²) in [6, 6.07) is 14.3. The predicted octanol–water partition coefficient (Wildman–Crippen LogP) is 3.71. The fraction of sp³-hybridized carbons (Fsp3) is 0.296. The number of carbonyl (C=O) groups excluding carboxylic acids is 1. The van der Waals surface area contributed by atoms with Crippen LogP contribution in [0.1, 0.15) is 40.2 Å².